The molecule has 3 heteroatoms. The van der Waals surface area contributed by atoms with Crippen LogP contribution in [0.3, 0.4) is 0 Å². The number of hydrogen-bond donors (Lipinski definition) is 0. The minimum atomic E-state index is -0.708. The third-order valence-electron chi connectivity index (χ3n) is 3.15. The molecule has 0 heterocycles. The topological polar surface area (TPSA) is 17.1 Å². The molecule has 0 saturated heterocycles. The summed E-state index contributed by atoms with van der Waals surface area (Å²) < 4.78 is 27.0. The van der Waals surface area contributed by atoms with Crippen LogP contribution < -0.4 is 0 Å². The zero-order chi connectivity index (χ0) is 14.9. The van der Waals surface area contributed by atoms with Crippen molar-refractivity contribution in [3.05, 3.63) is 70.8 Å². The van der Waals surface area contributed by atoms with Crippen molar-refractivity contribution in [2.75, 3.05) is 0 Å². The summed E-state index contributed by atoms with van der Waals surface area (Å²) in [5.74, 6) is -1.82. The highest BCUT2D eigenvalue weighted by Crippen LogP contribution is 2.28. The number of hydrogen-bond acceptors (Lipinski definition) is 1. The van der Waals surface area contributed by atoms with Gasteiger partial charge in [0.05, 0.1) is 5.56 Å². The lowest BCUT2D eigenvalue weighted by atomic mass is 9.82. The van der Waals surface area contributed by atoms with Crippen LogP contribution in [-0.2, 0) is 5.41 Å². The van der Waals surface area contributed by atoms with Gasteiger partial charge in [-0.05, 0) is 29.2 Å². The van der Waals surface area contributed by atoms with E-state index in [-0.39, 0.29) is 11.0 Å². The second-order valence-corrected chi connectivity index (χ2v) is 5.75. The molecule has 0 aliphatic heterocycles. The summed E-state index contributed by atoms with van der Waals surface area (Å²) in [5.41, 5.74) is 0.732. The van der Waals surface area contributed by atoms with Crippen LogP contribution in [0.15, 0.2) is 42.5 Å². The quantitative estimate of drug-likeness (QED) is 0.737. The molecule has 0 amide bonds. The van der Waals surface area contributed by atoms with E-state index in [1.807, 2.05) is 32.9 Å². The van der Waals surface area contributed by atoms with E-state index >= 15 is 0 Å². The Balaban J connectivity index is 2.57. The second-order valence-electron chi connectivity index (χ2n) is 5.75. The first kappa shape index (κ1) is 14.4. The number of carbonyl (C=O) groups is 1. The molecule has 0 N–H and O–H groups in total. The molecule has 2 aromatic carbocycles. The summed E-state index contributed by atoms with van der Waals surface area (Å²) in [6, 6.07) is 9.96. The standard InChI is InChI=1S/C17H16F2O/c1-17(2,3)14-7-5-4-6-12(14)16(20)13-10-11(18)8-9-15(13)19/h4-10H,1-3H3. The largest absolute Gasteiger partial charge is 0.288 e. The molecule has 2 rings (SSSR count). The Kier molecular flexibility index (Phi) is 3.71. The Bertz CT molecular complexity index is 654. The van der Waals surface area contributed by atoms with Gasteiger partial charge in [-0.25, -0.2) is 8.78 Å². The lowest BCUT2D eigenvalue weighted by molar-refractivity contribution is 0.103. The molecule has 0 atom stereocenters. The van der Waals surface area contributed by atoms with Gasteiger partial charge in [0.2, 0.25) is 0 Å². The molecule has 0 aromatic heterocycles. The number of benzene rings is 2. The number of carbonyl (C=O) groups excluding carboxylic acids is 1. The maximum atomic E-state index is 13.7. The van der Waals surface area contributed by atoms with Gasteiger partial charge in [0, 0.05) is 5.56 Å². The fourth-order valence-electron chi connectivity index (χ4n) is 2.15. The zero-order valence-electron chi connectivity index (χ0n) is 11.7. The Hall–Kier alpha value is -2.03. The summed E-state index contributed by atoms with van der Waals surface area (Å²) in [7, 11) is 0. The van der Waals surface area contributed by atoms with Gasteiger partial charge in [-0.15, -0.1) is 0 Å². The molecule has 0 aliphatic carbocycles. The first-order valence-electron chi connectivity index (χ1n) is 6.40. The predicted molar refractivity (Wildman–Crippen MR) is 74.9 cm³/mol. The third kappa shape index (κ3) is 2.77. The molecule has 0 fully saturated rings. The molecule has 20 heavy (non-hydrogen) atoms. The lowest BCUT2D eigenvalue weighted by Crippen LogP contribution is -2.18. The van der Waals surface area contributed by atoms with E-state index in [9.17, 15) is 13.6 Å². The summed E-state index contributed by atoms with van der Waals surface area (Å²) in [4.78, 5) is 12.5. The smallest absolute Gasteiger partial charge is 0.196 e. The third-order valence-corrected chi connectivity index (χ3v) is 3.15. The van der Waals surface area contributed by atoms with E-state index in [2.05, 4.69) is 0 Å². The van der Waals surface area contributed by atoms with E-state index < -0.39 is 17.4 Å². The highest BCUT2D eigenvalue weighted by molar-refractivity contribution is 6.10. The minimum Gasteiger partial charge on any atom is -0.288 e. The van der Waals surface area contributed by atoms with Crippen LogP contribution in [0, 0.1) is 11.6 Å². The average molecular weight is 274 g/mol. The van der Waals surface area contributed by atoms with Gasteiger partial charge in [0.1, 0.15) is 11.6 Å². The number of ketones is 1. The maximum absolute atomic E-state index is 13.7. The summed E-state index contributed by atoms with van der Waals surface area (Å²) >= 11 is 0. The van der Waals surface area contributed by atoms with Crippen LogP contribution >= 0.6 is 0 Å². The van der Waals surface area contributed by atoms with Crippen LogP contribution in [-0.4, -0.2) is 5.78 Å². The van der Waals surface area contributed by atoms with Gasteiger partial charge in [0.15, 0.2) is 5.78 Å². The molecule has 2 aromatic rings. The highest BCUT2D eigenvalue weighted by atomic mass is 19.1. The van der Waals surface area contributed by atoms with Crippen LogP contribution in [0.2, 0.25) is 0 Å². The molecule has 1 nitrogen and oxygen atoms in total. The van der Waals surface area contributed by atoms with Gasteiger partial charge in [-0.1, -0.05) is 45.0 Å². The number of halogens is 2. The molecule has 104 valence electrons. The van der Waals surface area contributed by atoms with E-state index in [0.717, 1.165) is 23.8 Å². The summed E-state index contributed by atoms with van der Waals surface area (Å²) in [6.07, 6.45) is 0. The van der Waals surface area contributed by atoms with E-state index in [1.165, 1.54) is 0 Å². The number of rotatable bonds is 2. The van der Waals surface area contributed by atoms with Crippen molar-refractivity contribution < 1.29 is 13.6 Å². The maximum Gasteiger partial charge on any atom is 0.196 e. The molecular formula is C17H16F2O. The summed E-state index contributed by atoms with van der Waals surface area (Å²) in [6.45, 7) is 5.92. The molecule has 0 saturated carbocycles. The van der Waals surface area contributed by atoms with E-state index in [1.54, 1.807) is 12.1 Å². The summed E-state index contributed by atoms with van der Waals surface area (Å²) in [5, 5.41) is 0. The fourth-order valence-corrected chi connectivity index (χ4v) is 2.15. The van der Waals surface area contributed by atoms with Crippen molar-refractivity contribution in [3.63, 3.8) is 0 Å². The van der Waals surface area contributed by atoms with Crippen molar-refractivity contribution in [1.29, 1.82) is 0 Å². The molecule has 0 bridgehead atoms. The van der Waals surface area contributed by atoms with Gasteiger partial charge in [-0.3, -0.25) is 4.79 Å². The Morgan fingerprint density at radius 3 is 2.25 bits per heavy atom. The van der Waals surface area contributed by atoms with Crippen LogP contribution in [0.5, 0.6) is 0 Å². The second kappa shape index (κ2) is 5.16. The normalized spacial score (nSPS) is 11.4. The van der Waals surface area contributed by atoms with Gasteiger partial charge in [0.25, 0.3) is 0 Å². The molecule has 0 unspecified atom stereocenters. The lowest BCUT2D eigenvalue weighted by Gasteiger charge is -2.22. The SMILES string of the molecule is CC(C)(C)c1ccccc1C(=O)c1cc(F)ccc1F. The molecular weight excluding hydrogens is 258 g/mol. The molecule has 0 aliphatic rings. The highest BCUT2D eigenvalue weighted by Gasteiger charge is 2.23. The fraction of sp³-hybridized carbons (Fsp3) is 0.235. The van der Waals surface area contributed by atoms with Crippen molar-refractivity contribution in [2.24, 2.45) is 0 Å². The van der Waals surface area contributed by atoms with Crippen LogP contribution in [0.4, 0.5) is 8.78 Å². The van der Waals surface area contributed by atoms with Gasteiger partial charge in [-0.2, -0.15) is 0 Å². The van der Waals surface area contributed by atoms with E-state index in [0.29, 0.717) is 5.56 Å². The van der Waals surface area contributed by atoms with Crippen LogP contribution in [0.25, 0.3) is 0 Å². The minimum absolute atomic E-state index is 0.235. The van der Waals surface area contributed by atoms with Crippen molar-refractivity contribution in [2.45, 2.75) is 26.2 Å². The zero-order valence-corrected chi connectivity index (χ0v) is 11.7. The Morgan fingerprint density at radius 2 is 1.60 bits per heavy atom. The van der Waals surface area contributed by atoms with Gasteiger partial charge < -0.3 is 0 Å². The Labute approximate surface area is 117 Å². The van der Waals surface area contributed by atoms with Crippen molar-refractivity contribution in [3.8, 4) is 0 Å². The van der Waals surface area contributed by atoms with Gasteiger partial charge >= 0.3 is 0 Å². The molecule has 0 radical (unpaired) electrons. The van der Waals surface area contributed by atoms with E-state index in [4.69, 9.17) is 0 Å². The first-order valence-corrected chi connectivity index (χ1v) is 6.40. The Morgan fingerprint density at radius 1 is 0.950 bits per heavy atom. The van der Waals surface area contributed by atoms with Crippen molar-refractivity contribution in [1.82, 2.24) is 0 Å². The monoisotopic (exact) mass is 274 g/mol. The predicted octanol–water partition coefficient (Wildman–Crippen LogP) is 4.49. The molecule has 0 spiro atoms. The average Bonchev–Trinajstić information content (AvgIpc) is 2.40. The first-order chi connectivity index (χ1) is 9.30. The van der Waals surface area contributed by atoms with Crippen molar-refractivity contribution >= 4 is 5.78 Å². The van der Waals surface area contributed by atoms with Crippen LogP contribution in [0.1, 0.15) is 42.3 Å².